The van der Waals surface area contributed by atoms with Gasteiger partial charge in [-0.05, 0) is 64.9 Å². The van der Waals surface area contributed by atoms with Crippen LogP contribution in [0.5, 0.6) is 11.8 Å². The lowest BCUT2D eigenvalue weighted by molar-refractivity contribution is 0.440. The summed E-state index contributed by atoms with van der Waals surface area (Å²) < 4.78 is 15.4. The standard InChI is InChI=1S/C21H17IN4O3S/c1-12-15-5-4-14(28-21-24-7-3-8-25-21)11-17(15)29-20(27)16(12)10-13-6-9-23-19(18(13)22)26-30-2/h3-9,11H,10H2,1-2H3,(H,23,26). The van der Waals surface area contributed by atoms with E-state index in [0.717, 1.165) is 25.9 Å². The molecule has 0 unspecified atom stereocenters. The van der Waals surface area contributed by atoms with Gasteiger partial charge in [0.25, 0.3) is 0 Å². The minimum absolute atomic E-state index is 0.231. The molecule has 30 heavy (non-hydrogen) atoms. The van der Waals surface area contributed by atoms with E-state index in [2.05, 4.69) is 42.3 Å². The third-order valence-corrected chi connectivity index (χ3v) is 6.15. The largest absolute Gasteiger partial charge is 0.424 e. The summed E-state index contributed by atoms with van der Waals surface area (Å²) in [5.41, 5.74) is 2.62. The Morgan fingerprint density at radius 3 is 2.73 bits per heavy atom. The van der Waals surface area contributed by atoms with Gasteiger partial charge in [-0.3, -0.25) is 0 Å². The first-order valence-electron chi connectivity index (χ1n) is 9.00. The zero-order valence-corrected chi connectivity index (χ0v) is 19.2. The molecule has 4 aromatic rings. The summed E-state index contributed by atoms with van der Waals surface area (Å²) in [5.74, 6) is 1.29. The second-order valence-corrected chi connectivity index (χ2v) is 8.09. The molecule has 0 amide bonds. The molecule has 1 aromatic carbocycles. The lowest BCUT2D eigenvalue weighted by atomic mass is 10.00. The molecule has 1 N–H and O–H groups in total. The fourth-order valence-corrected chi connectivity index (χ4v) is 4.24. The molecule has 0 fully saturated rings. The number of hydrogen-bond donors (Lipinski definition) is 1. The van der Waals surface area contributed by atoms with E-state index in [4.69, 9.17) is 9.15 Å². The molecule has 0 radical (unpaired) electrons. The van der Waals surface area contributed by atoms with Gasteiger partial charge in [-0.1, -0.05) is 11.9 Å². The van der Waals surface area contributed by atoms with E-state index in [1.165, 1.54) is 11.9 Å². The molecule has 0 aliphatic carbocycles. The third kappa shape index (κ3) is 4.26. The van der Waals surface area contributed by atoms with Gasteiger partial charge in [0.05, 0.1) is 3.57 Å². The van der Waals surface area contributed by atoms with Gasteiger partial charge in [0, 0.05) is 48.3 Å². The third-order valence-electron chi connectivity index (χ3n) is 4.55. The molecule has 0 bridgehead atoms. The van der Waals surface area contributed by atoms with E-state index in [0.29, 0.717) is 23.3 Å². The zero-order valence-electron chi connectivity index (χ0n) is 16.2. The Labute approximate surface area is 190 Å². The first-order valence-corrected chi connectivity index (χ1v) is 11.3. The van der Waals surface area contributed by atoms with E-state index in [1.54, 1.807) is 30.7 Å². The topological polar surface area (TPSA) is 90.1 Å². The summed E-state index contributed by atoms with van der Waals surface area (Å²) in [5, 5.41) is 0.859. The fraction of sp³-hybridized carbons (Fsp3) is 0.143. The number of ether oxygens (including phenoxy) is 1. The number of aromatic nitrogens is 3. The van der Waals surface area contributed by atoms with Crippen molar-refractivity contribution in [3.05, 3.63) is 79.6 Å². The van der Waals surface area contributed by atoms with Crippen LogP contribution in [0.1, 0.15) is 16.7 Å². The van der Waals surface area contributed by atoms with E-state index in [1.807, 2.05) is 31.4 Å². The van der Waals surface area contributed by atoms with Crippen LogP contribution < -0.4 is 15.1 Å². The molecule has 0 spiro atoms. The number of fused-ring (bicyclic) bond motifs is 1. The average Bonchev–Trinajstić information content (AvgIpc) is 2.74. The molecule has 152 valence electrons. The van der Waals surface area contributed by atoms with Crippen LogP contribution in [-0.2, 0) is 6.42 Å². The van der Waals surface area contributed by atoms with Crippen molar-refractivity contribution in [2.75, 3.05) is 11.0 Å². The number of benzene rings is 1. The normalized spacial score (nSPS) is 10.9. The average molecular weight is 532 g/mol. The Hall–Kier alpha value is -2.66. The van der Waals surface area contributed by atoms with Crippen molar-refractivity contribution in [3.63, 3.8) is 0 Å². The number of nitrogens with zero attached hydrogens (tertiary/aromatic N) is 3. The Bertz CT molecular complexity index is 1260. The molecule has 0 saturated carbocycles. The van der Waals surface area contributed by atoms with Gasteiger partial charge < -0.3 is 13.9 Å². The second kappa shape index (κ2) is 9.00. The van der Waals surface area contributed by atoms with Gasteiger partial charge in [0.15, 0.2) is 0 Å². The highest BCUT2D eigenvalue weighted by molar-refractivity contribution is 14.1. The lowest BCUT2D eigenvalue weighted by Crippen LogP contribution is -2.12. The quantitative estimate of drug-likeness (QED) is 0.212. The number of rotatable bonds is 6. The molecule has 0 atom stereocenters. The van der Waals surface area contributed by atoms with Crippen LogP contribution in [-0.4, -0.2) is 21.2 Å². The van der Waals surface area contributed by atoms with Gasteiger partial charge in [-0.2, -0.15) is 0 Å². The molecule has 7 nitrogen and oxygen atoms in total. The van der Waals surface area contributed by atoms with Crippen molar-refractivity contribution >= 4 is 51.3 Å². The smallest absolute Gasteiger partial charge is 0.340 e. The van der Waals surface area contributed by atoms with Crippen LogP contribution >= 0.6 is 34.5 Å². The summed E-state index contributed by atoms with van der Waals surface area (Å²) in [7, 11) is 0. The van der Waals surface area contributed by atoms with E-state index in [-0.39, 0.29) is 11.6 Å². The molecule has 4 rings (SSSR count). The van der Waals surface area contributed by atoms with E-state index in [9.17, 15) is 4.79 Å². The van der Waals surface area contributed by atoms with Crippen molar-refractivity contribution in [1.29, 1.82) is 0 Å². The summed E-state index contributed by atoms with van der Waals surface area (Å²) >= 11 is 3.72. The van der Waals surface area contributed by atoms with Crippen LogP contribution in [0.3, 0.4) is 0 Å². The van der Waals surface area contributed by atoms with Gasteiger partial charge in [0.1, 0.15) is 17.2 Å². The maximum absolute atomic E-state index is 12.8. The molecule has 0 aliphatic rings. The van der Waals surface area contributed by atoms with Crippen molar-refractivity contribution in [2.45, 2.75) is 13.3 Å². The first kappa shape index (κ1) is 20.6. The molecule has 9 heteroatoms. The van der Waals surface area contributed by atoms with E-state index < -0.39 is 0 Å². The highest BCUT2D eigenvalue weighted by atomic mass is 127. The zero-order chi connectivity index (χ0) is 21.1. The predicted molar refractivity (Wildman–Crippen MR) is 126 cm³/mol. The number of nitrogens with one attached hydrogen (secondary N) is 1. The summed E-state index contributed by atoms with van der Waals surface area (Å²) in [6.07, 6.45) is 7.34. The van der Waals surface area contributed by atoms with E-state index >= 15 is 0 Å². The van der Waals surface area contributed by atoms with Crippen molar-refractivity contribution in [1.82, 2.24) is 15.0 Å². The highest BCUT2D eigenvalue weighted by Gasteiger charge is 2.16. The van der Waals surface area contributed by atoms with Crippen LogP contribution in [0.4, 0.5) is 5.82 Å². The molecule has 0 saturated heterocycles. The number of pyridine rings is 1. The maximum Gasteiger partial charge on any atom is 0.340 e. The molecule has 3 aromatic heterocycles. The monoisotopic (exact) mass is 532 g/mol. The maximum atomic E-state index is 12.8. The Balaban J connectivity index is 1.70. The SMILES string of the molecule is CSNc1nccc(Cc2c(C)c3ccc(Oc4ncccn4)cc3oc2=O)c1I. The Kier molecular flexibility index (Phi) is 6.18. The number of halogens is 1. The lowest BCUT2D eigenvalue weighted by Gasteiger charge is -2.12. The Morgan fingerprint density at radius 2 is 1.97 bits per heavy atom. The molecule has 3 heterocycles. The van der Waals surface area contributed by atoms with Crippen LogP contribution in [0.25, 0.3) is 11.0 Å². The molecule has 0 aliphatic heterocycles. The van der Waals surface area contributed by atoms with Crippen LogP contribution in [0.2, 0.25) is 0 Å². The summed E-state index contributed by atoms with van der Waals surface area (Å²) in [6.45, 7) is 1.94. The predicted octanol–water partition coefficient (Wildman–Crippen LogP) is 4.96. The summed E-state index contributed by atoms with van der Waals surface area (Å²) in [6, 6.07) is 9.24. The van der Waals surface area contributed by atoms with Crippen molar-refractivity contribution in [3.8, 4) is 11.8 Å². The van der Waals surface area contributed by atoms with Crippen molar-refractivity contribution in [2.24, 2.45) is 0 Å². The fourth-order valence-electron chi connectivity index (χ4n) is 3.06. The van der Waals surface area contributed by atoms with Crippen LogP contribution in [0, 0.1) is 10.5 Å². The minimum Gasteiger partial charge on any atom is -0.424 e. The summed E-state index contributed by atoms with van der Waals surface area (Å²) in [4.78, 5) is 25.2. The van der Waals surface area contributed by atoms with Gasteiger partial charge in [0.2, 0.25) is 0 Å². The number of anilines is 1. The molecular weight excluding hydrogens is 515 g/mol. The Morgan fingerprint density at radius 1 is 1.17 bits per heavy atom. The highest BCUT2D eigenvalue weighted by Crippen LogP contribution is 2.28. The number of hydrogen-bond acceptors (Lipinski definition) is 8. The van der Waals surface area contributed by atoms with Gasteiger partial charge in [-0.25, -0.2) is 19.7 Å². The van der Waals surface area contributed by atoms with Gasteiger partial charge in [-0.15, -0.1) is 0 Å². The van der Waals surface area contributed by atoms with Gasteiger partial charge >= 0.3 is 11.6 Å². The first-order chi connectivity index (χ1) is 14.6. The second-order valence-electron chi connectivity index (χ2n) is 6.40. The molecular formula is C21H17IN4O3S. The van der Waals surface area contributed by atoms with Crippen molar-refractivity contribution < 1.29 is 9.15 Å². The number of aryl methyl sites for hydroxylation is 1. The minimum atomic E-state index is -0.361. The van der Waals surface area contributed by atoms with Crippen LogP contribution in [0.15, 0.2) is 58.1 Å².